The van der Waals surface area contributed by atoms with Gasteiger partial charge in [0, 0.05) is 31.2 Å². The maximum atomic E-state index is 12.5. The number of benzene rings is 2. The number of nitrogens with one attached hydrogen (secondary N) is 2. The van der Waals surface area contributed by atoms with Gasteiger partial charge in [-0.05, 0) is 42.0 Å². The zero-order valence-corrected chi connectivity index (χ0v) is 16.7. The summed E-state index contributed by atoms with van der Waals surface area (Å²) < 4.78 is 0. The Hall–Kier alpha value is -2.82. The minimum absolute atomic E-state index is 0.0432. The number of likely N-dealkylation sites (tertiary alicyclic amines) is 1. The van der Waals surface area contributed by atoms with Gasteiger partial charge in [0.1, 0.15) is 0 Å². The van der Waals surface area contributed by atoms with Gasteiger partial charge in [0.25, 0.3) is 0 Å². The van der Waals surface area contributed by atoms with Crippen molar-refractivity contribution in [2.75, 3.05) is 18.4 Å². The Labute approximate surface area is 167 Å². The van der Waals surface area contributed by atoms with Crippen LogP contribution in [0, 0.1) is 5.92 Å². The van der Waals surface area contributed by atoms with Crippen molar-refractivity contribution in [1.82, 2.24) is 10.2 Å². The molecule has 3 rings (SSSR count). The number of rotatable bonds is 5. The van der Waals surface area contributed by atoms with Gasteiger partial charge < -0.3 is 15.5 Å². The Morgan fingerprint density at radius 2 is 1.64 bits per heavy atom. The van der Waals surface area contributed by atoms with Crippen molar-refractivity contribution in [3.05, 3.63) is 65.7 Å². The molecule has 28 heavy (non-hydrogen) atoms. The Balaban J connectivity index is 1.43. The first-order valence-electron chi connectivity index (χ1n) is 10.0. The number of hydrogen-bond acceptors (Lipinski definition) is 2. The summed E-state index contributed by atoms with van der Waals surface area (Å²) in [6.45, 7) is 6.02. The molecule has 0 aromatic heterocycles. The molecule has 2 N–H and O–H groups in total. The highest BCUT2D eigenvalue weighted by Gasteiger charge is 2.27. The van der Waals surface area contributed by atoms with E-state index in [9.17, 15) is 9.59 Å². The molecule has 2 aromatic carbocycles. The summed E-state index contributed by atoms with van der Waals surface area (Å²) in [6.07, 6.45) is 1.38. The minimum atomic E-state index is -0.0630. The first kappa shape index (κ1) is 19.9. The van der Waals surface area contributed by atoms with Crippen molar-refractivity contribution < 1.29 is 9.59 Å². The average molecular weight is 380 g/mol. The van der Waals surface area contributed by atoms with Gasteiger partial charge in [-0.3, -0.25) is 4.79 Å². The maximum Gasteiger partial charge on any atom is 0.317 e. The van der Waals surface area contributed by atoms with Gasteiger partial charge >= 0.3 is 6.03 Å². The van der Waals surface area contributed by atoms with Gasteiger partial charge in [-0.25, -0.2) is 4.79 Å². The molecule has 2 aromatic rings. The molecule has 1 fully saturated rings. The van der Waals surface area contributed by atoms with Crippen LogP contribution in [0.3, 0.4) is 0 Å². The summed E-state index contributed by atoms with van der Waals surface area (Å²) in [6, 6.07) is 17.8. The predicted molar refractivity (Wildman–Crippen MR) is 112 cm³/mol. The summed E-state index contributed by atoms with van der Waals surface area (Å²) in [4.78, 5) is 26.7. The van der Waals surface area contributed by atoms with E-state index >= 15 is 0 Å². The van der Waals surface area contributed by atoms with Crippen LogP contribution in [-0.2, 0) is 11.3 Å². The van der Waals surface area contributed by atoms with Crippen LogP contribution in [0.2, 0.25) is 0 Å². The highest BCUT2D eigenvalue weighted by atomic mass is 16.2. The first-order chi connectivity index (χ1) is 13.5. The van der Waals surface area contributed by atoms with Gasteiger partial charge in [-0.2, -0.15) is 0 Å². The molecule has 0 atom stereocenters. The van der Waals surface area contributed by atoms with Gasteiger partial charge in [0.05, 0.1) is 0 Å². The fourth-order valence-electron chi connectivity index (χ4n) is 3.43. The van der Waals surface area contributed by atoms with Crippen LogP contribution in [-0.4, -0.2) is 29.9 Å². The molecule has 0 bridgehead atoms. The van der Waals surface area contributed by atoms with Crippen LogP contribution in [0.5, 0.6) is 0 Å². The maximum absolute atomic E-state index is 12.5. The Kier molecular flexibility index (Phi) is 6.69. The molecular formula is C23H29N3O2. The van der Waals surface area contributed by atoms with Gasteiger partial charge in [0.15, 0.2) is 0 Å². The zero-order chi connectivity index (χ0) is 19.9. The van der Waals surface area contributed by atoms with E-state index in [1.54, 1.807) is 4.90 Å². The summed E-state index contributed by atoms with van der Waals surface area (Å²) in [5.41, 5.74) is 3.17. The smallest absolute Gasteiger partial charge is 0.317 e. The van der Waals surface area contributed by atoms with Crippen molar-refractivity contribution in [3.63, 3.8) is 0 Å². The highest BCUT2D eigenvalue weighted by Crippen LogP contribution is 2.21. The topological polar surface area (TPSA) is 61.4 Å². The van der Waals surface area contributed by atoms with Crippen LogP contribution >= 0.6 is 0 Å². The van der Waals surface area contributed by atoms with Crippen molar-refractivity contribution in [1.29, 1.82) is 0 Å². The van der Waals surface area contributed by atoms with E-state index in [0.717, 1.165) is 11.3 Å². The SMILES string of the molecule is CC(C)c1ccc(NC(=O)C2CCN(C(=O)NCc3ccccc3)CC2)cc1. The number of piperidine rings is 1. The Bertz CT molecular complexity index is 779. The second-order valence-electron chi connectivity index (χ2n) is 7.67. The quantitative estimate of drug-likeness (QED) is 0.810. The third-order valence-electron chi connectivity index (χ3n) is 5.28. The molecule has 0 radical (unpaired) electrons. The number of amides is 3. The average Bonchev–Trinajstić information content (AvgIpc) is 2.73. The van der Waals surface area contributed by atoms with Crippen LogP contribution in [0.25, 0.3) is 0 Å². The fourth-order valence-corrected chi connectivity index (χ4v) is 3.43. The lowest BCUT2D eigenvalue weighted by Crippen LogP contribution is -2.45. The Morgan fingerprint density at radius 3 is 2.25 bits per heavy atom. The molecule has 1 aliphatic rings. The standard InChI is InChI=1S/C23H29N3O2/c1-17(2)19-8-10-21(11-9-19)25-22(27)20-12-14-26(15-13-20)23(28)24-16-18-6-4-3-5-7-18/h3-11,17,20H,12-16H2,1-2H3,(H,24,28)(H,25,27). The third kappa shape index (κ3) is 5.35. The normalized spacial score (nSPS) is 14.8. The number of anilines is 1. The first-order valence-corrected chi connectivity index (χ1v) is 10.0. The van der Waals surface area contributed by atoms with Crippen molar-refractivity contribution >= 4 is 17.6 Å². The van der Waals surface area contributed by atoms with Crippen molar-refractivity contribution in [2.45, 2.75) is 39.2 Å². The van der Waals surface area contributed by atoms with Crippen LogP contribution in [0.15, 0.2) is 54.6 Å². The summed E-state index contributed by atoms with van der Waals surface area (Å²) in [5, 5.41) is 5.96. The lowest BCUT2D eigenvalue weighted by molar-refractivity contribution is -0.121. The summed E-state index contributed by atoms with van der Waals surface area (Å²) in [7, 11) is 0. The molecule has 148 valence electrons. The van der Waals surface area contributed by atoms with E-state index in [1.165, 1.54) is 5.56 Å². The van der Waals surface area contributed by atoms with E-state index in [0.29, 0.717) is 38.4 Å². The molecular weight excluding hydrogens is 350 g/mol. The van der Waals surface area contributed by atoms with Crippen molar-refractivity contribution in [3.8, 4) is 0 Å². The Morgan fingerprint density at radius 1 is 1.00 bits per heavy atom. The van der Waals surface area contributed by atoms with E-state index in [1.807, 2.05) is 42.5 Å². The fraction of sp³-hybridized carbons (Fsp3) is 0.391. The van der Waals surface area contributed by atoms with Crippen LogP contribution in [0.1, 0.15) is 43.7 Å². The van der Waals surface area contributed by atoms with E-state index < -0.39 is 0 Å². The molecule has 1 aliphatic heterocycles. The molecule has 0 unspecified atom stereocenters. The zero-order valence-electron chi connectivity index (χ0n) is 16.7. The molecule has 0 saturated carbocycles. The summed E-state index contributed by atoms with van der Waals surface area (Å²) >= 11 is 0. The molecule has 5 nitrogen and oxygen atoms in total. The largest absolute Gasteiger partial charge is 0.334 e. The number of hydrogen-bond donors (Lipinski definition) is 2. The monoisotopic (exact) mass is 379 g/mol. The molecule has 5 heteroatoms. The van der Waals surface area contributed by atoms with Crippen molar-refractivity contribution in [2.24, 2.45) is 5.92 Å². The van der Waals surface area contributed by atoms with E-state index in [2.05, 4.69) is 36.6 Å². The molecule has 0 aliphatic carbocycles. The number of urea groups is 1. The number of carbonyl (C=O) groups excluding carboxylic acids is 2. The lowest BCUT2D eigenvalue weighted by atomic mass is 9.96. The highest BCUT2D eigenvalue weighted by molar-refractivity contribution is 5.92. The van der Waals surface area contributed by atoms with E-state index in [4.69, 9.17) is 0 Å². The third-order valence-corrected chi connectivity index (χ3v) is 5.28. The second-order valence-corrected chi connectivity index (χ2v) is 7.67. The number of carbonyl (C=O) groups is 2. The molecule has 1 saturated heterocycles. The second kappa shape index (κ2) is 9.40. The van der Waals surface area contributed by atoms with Crippen LogP contribution in [0.4, 0.5) is 10.5 Å². The minimum Gasteiger partial charge on any atom is -0.334 e. The molecule has 3 amide bonds. The van der Waals surface area contributed by atoms with Gasteiger partial charge in [-0.15, -0.1) is 0 Å². The number of nitrogens with zero attached hydrogens (tertiary/aromatic N) is 1. The van der Waals surface area contributed by atoms with Gasteiger partial charge in [0.2, 0.25) is 5.91 Å². The summed E-state index contributed by atoms with van der Waals surface area (Å²) in [5.74, 6) is 0.465. The van der Waals surface area contributed by atoms with Crippen LogP contribution < -0.4 is 10.6 Å². The van der Waals surface area contributed by atoms with Gasteiger partial charge in [-0.1, -0.05) is 56.3 Å². The van der Waals surface area contributed by atoms with E-state index in [-0.39, 0.29) is 17.9 Å². The lowest BCUT2D eigenvalue weighted by Gasteiger charge is -2.31. The molecule has 1 heterocycles. The predicted octanol–water partition coefficient (Wildman–Crippen LogP) is 4.37. The molecule has 0 spiro atoms.